The SMILES string of the molecule is C=C(C)C(C/C(C)=C/CCC(C)c1ccccc1)CC(CC)c1ccccc1. The fourth-order valence-corrected chi connectivity index (χ4v) is 4.07. The van der Waals surface area contributed by atoms with Crippen LogP contribution < -0.4 is 0 Å². The summed E-state index contributed by atoms with van der Waals surface area (Å²) >= 11 is 0. The fraction of sp³-hybridized carbons (Fsp3) is 0.429. The van der Waals surface area contributed by atoms with Crippen LogP contribution in [0.5, 0.6) is 0 Å². The largest absolute Gasteiger partial charge is 0.0998 e. The molecular formula is C28H38. The summed E-state index contributed by atoms with van der Waals surface area (Å²) in [5, 5.41) is 0. The molecule has 0 heterocycles. The summed E-state index contributed by atoms with van der Waals surface area (Å²) in [4.78, 5) is 0. The van der Waals surface area contributed by atoms with Crippen LogP contribution in [-0.4, -0.2) is 0 Å². The van der Waals surface area contributed by atoms with Crippen LogP contribution in [0.4, 0.5) is 0 Å². The van der Waals surface area contributed by atoms with Crippen LogP contribution in [0.2, 0.25) is 0 Å². The van der Waals surface area contributed by atoms with Crippen LogP contribution in [-0.2, 0) is 0 Å². The summed E-state index contributed by atoms with van der Waals surface area (Å²) in [7, 11) is 0. The minimum absolute atomic E-state index is 0.563. The molecule has 28 heavy (non-hydrogen) atoms. The maximum Gasteiger partial charge on any atom is -0.0159 e. The van der Waals surface area contributed by atoms with E-state index in [0.717, 1.165) is 12.8 Å². The molecule has 0 N–H and O–H groups in total. The van der Waals surface area contributed by atoms with E-state index in [4.69, 9.17) is 0 Å². The van der Waals surface area contributed by atoms with E-state index in [1.165, 1.54) is 41.5 Å². The zero-order chi connectivity index (χ0) is 20.4. The second kappa shape index (κ2) is 11.7. The van der Waals surface area contributed by atoms with Crippen molar-refractivity contribution in [2.24, 2.45) is 5.92 Å². The molecule has 3 unspecified atom stereocenters. The van der Waals surface area contributed by atoms with E-state index in [2.05, 4.69) is 101 Å². The summed E-state index contributed by atoms with van der Waals surface area (Å²) in [5.74, 6) is 1.80. The van der Waals surface area contributed by atoms with Gasteiger partial charge in [-0.25, -0.2) is 0 Å². The number of benzene rings is 2. The van der Waals surface area contributed by atoms with Crippen molar-refractivity contribution < 1.29 is 0 Å². The Morgan fingerprint density at radius 3 is 2.04 bits per heavy atom. The predicted octanol–water partition coefficient (Wildman–Crippen LogP) is 8.68. The van der Waals surface area contributed by atoms with Crippen molar-refractivity contribution in [3.8, 4) is 0 Å². The third kappa shape index (κ3) is 7.15. The van der Waals surface area contributed by atoms with Crippen molar-refractivity contribution in [2.45, 2.75) is 71.6 Å². The maximum atomic E-state index is 4.31. The van der Waals surface area contributed by atoms with Gasteiger partial charge in [-0.2, -0.15) is 0 Å². The first-order chi connectivity index (χ1) is 13.5. The third-order valence-electron chi connectivity index (χ3n) is 6.06. The highest BCUT2D eigenvalue weighted by molar-refractivity contribution is 5.21. The smallest absolute Gasteiger partial charge is 0.0159 e. The summed E-state index contributed by atoms with van der Waals surface area (Å²) in [5.41, 5.74) is 5.74. The number of hydrogen-bond acceptors (Lipinski definition) is 0. The molecule has 0 saturated carbocycles. The highest BCUT2D eigenvalue weighted by Gasteiger charge is 2.18. The minimum atomic E-state index is 0.563. The molecule has 0 aliphatic heterocycles. The quantitative estimate of drug-likeness (QED) is 0.345. The lowest BCUT2D eigenvalue weighted by molar-refractivity contribution is 0.473. The van der Waals surface area contributed by atoms with Crippen molar-refractivity contribution in [3.63, 3.8) is 0 Å². The van der Waals surface area contributed by atoms with Crippen molar-refractivity contribution in [1.82, 2.24) is 0 Å². The maximum absolute atomic E-state index is 4.31. The predicted molar refractivity (Wildman–Crippen MR) is 125 cm³/mol. The van der Waals surface area contributed by atoms with E-state index in [-0.39, 0.29) is 0 Å². The van der Waals surface area contributed by atoms with Gasteiger partial charge in [0.05, 0.1) is 0 Å². The first-order valence-corrected chi connectivity index (χ1v) is 10.9. The molecule has 0 aliphatic rings. The molecule has 0 fully saturated rings. The average molecular weight is 375 g/mol. The highest BCUT2D eigenvalue weighted by Crippen LogP contribution is 2.33. The van der Waals surface area contributed by atoms with E-state index in [1.807, 2.05) is 0 Å². The molecule has 2 aromatic rings. The minimum Gasteiger partial charge on any atom is -0.0998 e. The van der Waals surface area contributed by atoms with Gasteiger partial charge in [0.15, 0.2) is 0 Å². The standard InChI is InChI=1S/C28H38/c1-6-25(27-18-11-8-12-19-27)21-28(22(2)3)20-23(4)14-13-15-24(5)26-16-9-7-10-17-26/h7-12,14,16-19,24-25,28H,2,6,13,15,20-21H2,1,3-5H3/b23-14+. The van der Waals surface area contributed by atoms with Crippen LogP contribution in [0, 0.1) is 5.92 Å². The zero-order valence-corrected chi connectivity index (χ0v) is 18.3. The lowest BCUT2D eigenvalue weighted by Crippen LogP contribution is -2.09. The van der Waals surface area contributed by atoms with E-state index in [0.29, 0.717) is 17.8 Å². The van der Waals surface area contributed by atoms with E-state index >= 15 is 0 Å². The van der Waals surface area contributed by atoms with Gasteiger partial charge in [0.2, 0.25) is 0 Å². The number of hydrogen-bond donors (Lipinski definition) is 0. The van der Waals surface area contributed by atoms with E-state index in [9.17, 15) is 0 Å². The van der Waals surface area contributed by atoms with Crippen LogP contribution in [0.1, 0.15) is 82.8 Å². The molecule has 0 amide bonds. The van der Waals surface area contributed by atoms with Crippen molar-refractivity contribution >= 4 is 0 Å². The Morgan fingerprint density at radius 1 is 0.929 bits per heavy atom. The van der Waals surface area contributed by atoms with Gasteiger partial charge in [0, 0.05) is 0 Å². The van der Waals surface area contributed by atoms with Crippen molar-refractivity contribution in [3.05, 3.63) is 95.6 Å². The second-order valence-corrected chi connectivity index (χ2v) is 8.44. The molecule has 2 aromatic carbocycles. The Hall–Kier alpha value is -2.08. The van der Waals surface area contributed by atoms with Gasteiger partial charge in [0.1, 0.15) is 0 Å². The molecule has 0 aliphatic carbocycles. The van der Waals surface area contributed by atoms with E-state index in [1.54, 1.807) is 0 Å². The topological polar surface area (TPSA) is 0 Å². The molecule has 3 atom stereocenters. The molecule has 0 nitrogen and oxygen atoms in total. The molecule has 2 rings (SSSR count). The van der Waals surface area contributed by atoms with Crippen molar-refractivity contribution in [1.29, 1.82) is 0 Å². The van der Waals surface area contributed by atoms with Crippen LogP contribution >= 0.6 is 0 Å². The Bertz CT molecular complexity index is 723. The summed E-state index contributed by atoms with van der Waals surface area (Å²) in [6, 6.07) is 21.8. The number of rotatable bonds is 11. The lowest BCUT2D eigenvalue weighted by atomic mass is 9.81. The molecule has 0 spiro atoms. The molecule has 0 radical (unpaired) electrons. The molecule has 0 saturated heterocycles. The van der Waals surface area contributed by atoms with Crippen molar-refractivity contribution in [2.75, 3.05) is 0 Å². The molecule has 0 heteroatoms. The normalized spacial score (nSPS) is 15.1. The van der Waals surface area contributed by atoms with Gasteiger partial charge in [-0.1, -0.05) is 98.3 Å². The summed E-state index contributed by atoms with van der Waals surface area (Å²) < 4.78 is 0. The Balaban J connectivity index is 1.91. The highest BCUT2D eigenvalue weighted by atomic mass is 14.2. The lowest BCUT2D eigenvalue weighted by Gasteiger charge is -2.24. The van der Waals surface area contributed by atoms with E-state index < -0.39 is 0 Å². The molecule has 0 bridgehead atoms. The third-order valence-corrected chi connectivity index (χ3v) is 6.06. The average Bonchev–Trinajstić information content (AvgIpc) is 2.72. The fourth-order valence-electron chi connectivity index (χ4n) is 4.07. The molecule has 150 valence electrons. The van der Waals surface area contributed by atoms with Gasteiger partial charge in [-0.15, -0.1) is 0 Å². The second-order valence-electron chi connectivity index (χ2n) is 8.44. The van der Waals surface area contributed by atoms with Crippen LogP contribution in [0.25, 0.3) is 0 Å². The first kappa shape index (κ1) is 22.2. The van der Waals surface area contributed by atoms with Gasteiger partial charge < -0.3 is 0 Å². The number of allylic oxidation sites excluding steroid dienone is 3. The van der Waals surface area contributed by atoms with Crippen LogP contribution in [0.3, 0.4) is 0 Å². The van der Waals surface area contributed by atoms with Crippen LogP contribution in [0.15, 0.2) is 84.5 Å². The zero-order valence-electron chi connectivity index (χ0n) is 18.3. The Morgan fingerprint density at radius 2 is 1.50 bits per heavy atom. The first-order valence-electron chi connectivity index (χ1n) is 10.9. The monoisotopic (exact) mass is 374 g/mol. The van der Waals surface area contributed by atoms with Gasteiger partial charge in [-0.3, -0.25) is 0 Å². The van der Waals surface area contributed by atoms with Gasteiger partial charge in [0.25, 0.3) is 0 Å². The Labute approximate surface area is 173 Å². The van der Waals surface area contributed by atoms with Gasteiger partial charge >= 0.3 is 0 Å². The van der Waals surface area contributed by atoms with Gasteiger partial charge in [-0.05, 0) is 74.8 Å². The molecule has 0 aromatic heterocycles. The summed E-state index contributed by atoms with van der Waals surface area (Å²) in [6.45, 7) is 13.5. The molecular weight excluding hydrogens is 336 g/mol. The summed E-state index contributed by atoms with van der Waals surface area (Å²) in [6.07, 6.45) is 8.34. The Kier molecular flexibility index (Phi) is 9.28.